The summed E-state index contributed by atoms with van der Waals surface area (Å²) in [4.78, 5) is 2.61. The Hall–Kier alpha value is -0.500. The average molecular weight is 196 g/mol. The van der Waals surface area contributed by atoms with Crippen LogP contribution in [0.5, 0.6) is 0 Å². The standard InChI is InChI=1S/C12H24N2/c1-5-8-14(9-6-2)11-10-12(11,4)13-7-3/h7,11,13H,3,5-6,8-10H2,1-2,4H3/t11?,12-/m0/s1. The third kappa shape index (κ3) is 2.50. The van der Waals surface area contributed by atoms with E-state index in [-0.39, 0.29) is 0 Å². The van der Waals surface area contributed by atoms with Crippen molar-refractivity contribution < 1.29 is 0 Å². The Bertz CT molecular complexity index is 185. The van der Waals surface area contributed by atoms with Crippen LogP contribution in [0.2, 0.25) is 0 Å². The lowest BCUT2D eigenvalue weighted by atomic mass is 10.2. The van der Waals surface area contributed by atoms with Crippen molar-refractivity contribution in [1.82, 2.24) is 10.2 Å². The van der Waals surface area contributed by atoms with Crippen LogP contribution in [0.15, 0.2) is 12.8 Å². The molecule has 1 saturated carbocycles. The van der Waals surface area contributed by atoms with Crippen LogP contribution in [0.1, 0.15) is 40.0 Å². The first-order valence-electron chi connectivity index (χ1n) is 5.80. The number of rotatable bonds is 7. The summed E-state index contributed by atoms with van der Waals surface area (Å²) in [5, 5.41) is 3.37. The van der Waals surface area contributed by atoms with Crippen molar-refractivity contribution in [1.29, 1.82) is 0 Å². The van der Waals surface area contributed by atoms with Crippen molar-refractivity contribution in [2.45, 2.75) is 51.6 Å². The molecule has 14 heavy (non-hydrogen) atoms. The highest BCUT2D eigenvalue weighted by atomic mass is 15.3. The second-order valence-electron chi connectivity index (χ2n) is 4.52. The molecule has 82 valence electrons. The second-order valence-corrected chi connectivity index (χ2v) is 4.52. The number of hydrogen-bond acceptors (Lipinski definition) is 2. The van der Waals surface area contributed by atoms with Gasteiger partial charge >= 0.3 is 0 Å². The fraction of sp³-hybridized carbons (Fsp3) is 0.833. The van der Waals surface area contributed by atoms with Gasteiger partial charge in [-0.05, 0) is 45.5 Å². The van der Waals surface area contributed by atoms with Crippen LogP contribution in [0.4, 0.5) is 0 Å². The summed E-state index contributed by atoms with van der Waals surface area (Å²) < 4.78 is 0. The smallest absolute Gasteiger partial charge is 0.0511 e. The molecule has 1 aliphatic carbocycles. The predicted octanol–water partition coefficient (Wildman–Crippen LogP) is 2.37. The summed E-state index contributed by atoms with van der Waals surface area (Å²) in [7, 11) is 0. The van der Waals surface area contributed by atoms with Crippen molar-refractivity contribution in [3.63, 3.8) is 0 Å². The molecule has 0 aromatic carbocycles. The lowest BCUT2D eigenvalue weighted by Crippen LogP contribution is -2.37. The molecule has 0 heterocycles. The van der Waals surface area contributed by atoms with E-state index in [1.54, 1.807) is 0 Å². The van der Waals surface area contributed by atoms with E-state index < -0.39 is 0 Å². The van der Waals surface area contributed by atoms with Crippen molar-refractivity contribution >= 4 is 0 Å². The molecule has 2 heteroatoms. The molecule has 2 nitrogen and oxygen atoms in total. The van der Waals surface area contributed by atoms with E-state index in [0.717, 1.165) is 6.04 Å². The van der Waals surface area contributed by atoms with Gasteiger partial charge in [-0.1, -0.05) is 20.4 Å². The summed E-state index contributed by atoms with van der Waals surface area (Å²) >= 11 is 0. The molecule has 0 spiro atoms. The molecule has 0 amide bonds. The van der Waals surface area contributed by atoms with Crippen molar-refractivity contribution in [2.24, 2.45) is 0 Å². The maximum Gasteiger partial charge on any atom is 0.0511 e. The minimum absolute atomic E-state index is 0.298. The van der Waals surface area contributed by atoms with Gasteiger partial charge in [0.15, 0.2) is 0 Å². The molecular weight excluding hydrogens is 172 g/mol. The van der Waals surface area contributed by atoms with Crippen LogP contribution in [0, 0.1) is 0 Å². The van der Waals surface area contributed by atoms with Gasteiger partial charge in [0.2, 0.25) is 0 Å². The molecule has 1 aliphatic rings. The zero-order valence-electron chi connectivity index (χ0n) is 9.84. The first-order chi connectivity index (χ1) is 6.68. The minimum Gasteiger partial charge on any atom is -0.385 e. The predicted molar refractivity (Wildman–Crippen MR) is 62.3 cm³/mol. The van der Waals surface area contributed by atoms with Gasteiger partial charge < -0.3 is 5.32 Å². The minimum atomic E-state index is 0.298. The third-order valence-electron chi connectivity index (χ3n) is 3.09. The van der Waals surface area contributed by atoms with Crippen LogP contribution in [-0.4, -0.2) is 29.6 Å². The molecule has 0 radical (unpaired) electrons. The maximum absolute atomic E-state index is 3.74. The van der Waals surface area contributed by atoms with Crippen molar-refractivity contribution in [3.8, 4) is 0 Å². The van der Waals surface area contributed by atoms with E-state index in [0.29, 0.717) is 5.54 Å². The zero-order chi connectivity index (χ0) is 10.6. The summed E-state index contributed by atoms with van der Waals surface area (Å²) in [5.41, 5.74) is 0.298. The average Bonchev–Trinajstić information content (AvgIpc) is 2.78. The van der Waals surface area contributed by atoms with Crippen LogP contribution < -0.4 is 5.32 Å². The van der Waals surface area contributed by atoms with E-state index >= 15 is 0 Å². The van der Waals surface area contributed by atoms with Gasteiger partial charge in [0.05, 0.1) is 5.54 Å². The largest absolute Gasteiger partial charge is 0.385 e. The molecule has 1 N–H and O–H groups in total. The van der Waals surface area contributed by atoms with E-state index in [4.69, 9.17) is 0 Å². The molecule has 0 aromatic heterocycles. The highest BCUT2D eigenvalue weighted by molar-refractivity contribution is 5.14. The molecule has 2 atom stereocenters. The first kappa shape index (κ1) is 11.6. The second kappa shape index (κ2) is 4.83. The highest BCUT2D eigenvalue weighted by Crippen LogP contribution is 2.40. The summed E-state index contributed by atoms with van der Waals surface area (Å²) in [6, 6.07) is 0.723. The summed E-state index contributed by atoms with van der Waals surface area (Å²) in [5.74, 6) is 0. The monoisotopic (exact) mass is 196 g/mol. The summed E-state index contributed by atoms with van der Waals surface area (Å²) in [6.07, 6.45) is 5.59. The molecule has 1 rings (SSSR count). The number of nitrogens with zero attached hydrogens (tertiary/aromatic N) is 1. The van der Waals surface area contributed by atoms with Gasteiger partial charge in [-0.2, -0.15) is 0 Å². The normalized spacial score (nSPS) is 30.4. The number of hydrogen-bond donors (Lipinski definition) is 1. The van der Waals surface area contributed by atoms with E-state index in [1.165, 1.54) is 32.4 Å². The van der Waals surface area contributed by atoms with Crippen LogP contribution in [0.25, 0.3) is 0 Å². The SMILES string of the molecule is C=CN[C@@]1(C)CC1N(CCC)CCC. The molecule has 1 fully saturated rings. The molecule has 0 saturated heterocycles. The van der Waals surface area contributed by atoms with Crippen LogP contribution >= 0.6 is 0 Å². The van der Waals surface area contributed by atoms with Gasteiger partial charge in [0, 0.05) is 6.04 Å². The molecule has 1 unspecified atom stereocenters. The fourth-order valence-electron chi connectivity index (χ4n) is 2.26. The van der Waals surface area contributed by atoms with Crippen molar-refractivity contribution in [3.05, 3.63) is 12.8 Å². The van der Waals surface area contributed by atoms with Crippen LogP contribution in [-0.2, 0) is 0 Å². The molecule has 0 aliphatic heterocycles. The van der Waals surface area contributed by atoms with Crippen molar-refractivity contribution in [2.75, 3.05) is 13.1 Å². The Morgan fingerprint density at radius 1 is 1.43 bits per heavy atom. The quantitative estimate of drug-likeness (QED) is 0.672. The summed E-state index contributed by atoms with van der Waals surface area (Å²) in [6.45, 7) is 13.0. The van der Waals surface area contributed by atoms with Gasteiger partial charge in [0.25, 0.3) is 0 Å². The Kier molecular flexibility index (Phi) is 3.99. The lowest BCUT2D eigenvalue weighted by Gasteiger charge is -2.24. The van der Waals surface area contributed by atoms with Crippen LogP contribution in [0.3, 0.4) is 0 Å². The van der Waals surface area contributed by atoms with E-state index in [9.17, 15) is 0 Å². The molecular formula is C12H24N2. The maximum atomic E-state index is 3.74. The molecule has 0 bridgehead atoms. The number of nitrogens with one attached hydrogen (secondary N) is 1. The van der Waals surface area contributed by atoms with Gasteiger partial charge in [-0.15, -0.1) is 0 Å². The van der Waals surface area contributed by atoms with E-state index in [1.807, 2.05) is 6.20 Å². The highest BCUT2D eigenvalue weighted by Gasteiger charge is 2.52. The Labute approximate surface area is 88.4 Å². The zero-order valence-corrected chi connectivity index (χ0v) is 9.84. The Morgan fingerprint density at radius 3 is 2.43 bits per heavy atom. The van der Waals surface area contributed by atoms with E-state index in [2.05, 4.69) is 37.6 Å². The third-order valence-corrected chi connectivity index (χ3v) is 3.09. The van der Waals surface area contributed by atoms with Gasteiger partial charge in [-0.25, -0.2) is 0 Å². The van der Waals surface area contributed by atoms with Gasteiger partial charge in [-0.3, -0.25) is 4.90 Å². The topological polar surface area (TPSA) is 15.3 Å². The van der Waals surface area contributed by atoms with Gasteiger partial charge in [0.1, 0.15) is 0 Å². The first-order valence-corrected chi connectivity index (χ1v) is 5.80. The lowest BCUT2D eigenvalue weighted by molar-refractivity contribution is 0.243. The fourth-order valence-corrected chi connectivity index (χ4v) is 2.26. The molecule has 0 aromatic rings. The Morgan fingerprint density at radius 2 is 2.00 bits per heavy atom. The Balaban J connectivity index is 2.43.